The number of rotatable bonds is 1. The van der Waals surface area contributed by atoms with E-state index < -0.39 is 11.8 Å². The van der Waals surface area contributed by atoms with Crippen molar-refractivity contribution in [2.45, 2.75) is 25.2 Å². The maximum atomic E-state index is 13.5. The van der Waals surface area contributed by atoms with E-state index in [2.05, 4.69) is 10.2 Å². The molecule has 2 aliphatic carbocycles. The van der Waals surface area contributed by atoms with Crippen molar-refractivity contribution < 1.29 is 13.6 Å². The maximum absolute atomic E-state index is 13.5. The number of carbonyl (C=O) groups is 1. The van der Waals surface area contributed by atoms with E-state index in [-0.39, 0.29) is 23.1 Å². The van der Waals surface area contributed by atoms with Crippen LogP contribution in [-0.4, -0.2) is 16.0 Å². The van der Waals surface area contributed by atoms with Gasteiger partial charge < -0.3 is 0 Å². The van der Waals surface area contributed by atoms with Crippen LogP contribution in [0.15, 0.2) is 0 Å². The van der Waals surface area contributed by atoms with Gasteiger partial charge >= 0.3 is 0 Å². The maximum Gasteiger partial charge on any atom is 0.292 e. The van der Waals surface area contributed by atoms with Gasteiger partial charge in [-0.15, -0.1) is 0 Å². The molecule has 0 saturated heterocycles. The van der Waals surface area contributed by atoms with E-state index in [0.717, 1.165) is 0 Å². The molecule has 0 bridgehead atoms. The largest absolute Gasteiger partial charge is 0.293 e. The highest BCUT2D eigenvalue weighted by atomic mass is 19.3. The molecule has 5 heteroatoms. The summed E-state index contributed by atoms with van der Waals surface area (Å²) in [5, 5.41) is 5.95. The van der Waals surface area contributed by atoms with Crippen LogP contribution in [0.3, 0.4) is 0 Å². The number of hydrogen-bond donors (Lipinski definition) is 1. The lowest BCUT2D eigenvalue weighted by Crippen LogP contribution is -2.13. The predicted molar refractivity (Wildman–Crippen MR) is 43.3 cm³/mol. The summed E-state index contributed by atoms with van der Waals surface area (Å²) < 4.78 is 26.9. The van der Waals surface area contributed by atoms with Crippen LogP contribution in [0.25, 0.3) is 0 Å². The lowest BCUT2D eigenvalue weighted by molar-refractivity contribution is -0.0268. The standard InChI is InChI=1S/C9H8F2N2O/c1-3(14)7-6-4-2-5(4)9(10,11)8(6)13-12-7/h4-5H,2H2,1H3,(H,12,13)/t4-,5+/m0/s1. The molecule has 0 aromatic carbocycles. The molecular formula is C9H8F2N2O. The summed E-state index contributed by atoms with van der Waals surface area (Å²) in [6.45, 7) is 1.35. The Hall–Kier alpha value is -1.26. The molecule has 3 nitrogen and oxygen atoms in total. The lowest BCUT2D eigenvalue weighted by atomic mass is 10.1. The van der Waals surface area contributed by atoms with Gasteiger partial charge in [0.05, 0.1) is 0 Å². The monoisotopic (exact) mass is 198 g/mol. The number of H-pyrrole nitrogens is 1. The Morgan fingerprint density at radius 2 is 2.36 bits per heavy atom. The highest BCUT2D eigenvalue weighted by Gasteiger charge is 2.66. The van der Waals surface area contributed by atoms with Crippen molar-refractivity contribution in [3.8, 4) is 0 Å². The summed E-state index contributed by atoms with van der Waals surface area (Å²) in [6.07, 6.45) is 0.486. The molecule has 1 fully saturated rings. The highest BCUT2D eigenvalue weighted by Crippen LogP contribution is 2.67. The molecule has 2 atom stereocenters. The minimum atomic E-state index is -2.80. The average Bonchev–Trinajstić information content (AvgIpc) is 2.70. The summed E-state index contributed by atoms with van der Waals surface area (Å²) >= 11 is 0. The zero-order valence-electron chi connectivity index (χ0n) is 7.47. The fraction of sp³-hybridized carbons (Fsp3) is 0.556. The van der Waals surface area contributed by atoms with E-state index in [1.165, 1.54) is 6.92 Å². The number of ketones is 1. The number of aromatic amines is 1. The van der Waals surface area contributed by atoms with E-state index in [4.69, 9.17) is 0 Å². The van der Waals surface area contributed by atoms with Crippen molar-refractivity contribution in [1.82, 2.24) is 10.2 Å². The number of aromatic nitrogens is 2. The number of carbonyl (C=O) groups excluding carboxylic acids is 1. The van der Waals surface area contributed by atoms with Crippen molar-refractivity contribution >= 4 is 5.78 Å². The summed E-state index contributed by atoms with van der Waals surface area (Å²) in [5.41, 5.74) is 0.529. The van der Waals surface area contributed by atoms with E-state index in [1.54, 1.807) is 0 Å². The zero-order valence-corrected chi connectivity index (χ0v) is 7.47. The number of fused-ring (bicyclic) bond motifs is 3. The molecule has 1 heterocycles. The molecule has 3 rings (SSSR count). The molecule has 0 unspecified atom stereocenters. The fourth-order valence-corrected chi connectivity index (χ4v) is 2.33. The highest BCUT2D eigenvalue weighted by molar-refractivity contribution is 5.94. The molecule has 14 heavy (non-hydrogen) atoms. The summed E-state index contributed by atoms with van der Waals surface area (Å²) in [5.74, 6) is -3.78. The molecule has 1 saturated carbocycles. The van der Waals surface area contributed by atoms with Crippen LogP contribution in [0.1, 0.15) is 41.0 Å². The van der Waals surface area contributed by atoms with E-state index in [9.17, 15) is 13.6 Å². The predicted octanol–water partition coefficient (Wildman–Crippen LogP) is 1.82. The first-order chi connectivity index (χ1) is 6.53. The molecule has 1 N–H and O–H groups in total. The smallest absolute Gasteiger partial charge is 0.292 e. The van der Waals surface area contributed by atoms with Crippen LogP contribution in [0.4, 0.5) is 8.78 Å². The van der Waals surface area contributed by atoms with Gasteiger partial charge in [-0.3, -0.25) is 9.89 Å². The Morgan fingerprint density at radius 3 is 3.00 bits per heavy atom. The molecule has 0 spiro atoms. The van der Waals surface area contributed by atoms with Gasteiger partial charge in [0, 0.05) is 18.4 Å². The van der Waals surface area contributed by atoms with Gasteiger partial charge in [-0.05, 0) is 12.3 Å². The number of nitrogens with one attached hydrogen (secondary N) is 1. The number of alkyl halides is 2. The van der Waals surface area contributed by atoms with Crippen molar-refractivity contribution in [2.75, 3.05) is 0 Å². The van der Waals surface area contributed by atoms with Gasteiger partial charge in [0.25, 0.3) is 5.92 Å². The molecule has 1 aromatic heterocycles. The fourth-order valence-electron chi connectivity index (χ4n) is 2.33. The Morgan fingerprint density at radius 1 is 1.64 bits per heavy atom. The number of halogens is 2. The second-order valence-electron chi connectivity index (χ2n) is 3.99. The van der Waals surface area contributed by atoms with E-state index >= 15 is 0 Å². The van der Waals surface area contributed by atoms with Crippen molar-refractivity contribution in [1.29, 1.82) is 0 Å². The molecule has 1 aromatic rings. The topological polar surface area (TPSA) is 45.8 Å². The number of Topliss-reactive ketones (excluding diaryl/α,β-unsaturated/α-hetero) is 1. The third-order valence-electron chi connectivity index (χ3n) is 3.10. The third-order valence-corrected chi connectivity index (χ3v) is 3.10. The Kier molecular flexibility index (Phi) is 1.18. The van der Waals surface area contributed by atoms with Crippen LogP contribution in [0, 0.1) is 5.92 Å². The average molecular weight is 198 g/mol. The molecule has 0 aliphatic heterocycles. The second kappa shape index (κ2) is 2.04. The molecule has 2 aliphatic rings. The van der Waals surface area contributed by atoms with Gasteiger partial charge in [0.2, 0.25) is 0 Å². The minimum absolute atomic E-state index is 0.135. The van der Waals surface area contributed by atoms with Crippen LogP contribution in [-0.2, 0) is 5.92 Å². The van der Waals surface area contributed by atoms with Crippen LogP contribution < -0.4 is 0 Å². The van der Waals surface area contributed by atoms with Crippen molar-refractivity contribution in [2.24, 2.45) is 5.92 Å². The van der Waals surface area contributed by atoms with Gasteiger partial charge in [-0.25, -0.2) is 0 Å². The van der Waals surface area contributed by atoms with Gasteiger partial charge in [0.1, 0.15) is 11.4 Å². The quantitative estimate of drug-likeness (QED) is 0.699. The Bertz CT molecular complexity index is 438. The van der Waals surface area contributed by atoms with Crippen molar-refractivity contribution in [3.63, 3.8) is 0 Å². The summed E-state index contributed by atoms with van der Waals surface area (Å²) in [4.78, 5) is 11.1. The van der Waals surface area contributed by atoms with Crippen LogP contribution in [0.2, 0.25) is 0 Å². The lowest BCUT2D eigenvalue weighted by Gasteiger charge is -2.09. The van der Waals surface area contributed by atoms with E-state index in [1.807, 2.05) is 0 Å². The van der Waals surface area contributed by atoms with Crippen LogP contribution in [0.5, 0.6) is 0 Å². The summed E-state index contributed by atoms with van der Waals surface area (Å²) in [6, 6.07) is 0. The first-order valence-corrected chi connectivity index (χ1v) is 4.51. The third kappa shape index (κ3) is 0.715. The van der Waals surface area contributed by atoms with E-state index in [0.29, 0.717) is 12.0 Å². The molecule has 0 amide bonds. The molecule has 0 radical (unpaired) electrons. The van der Waals surface area contributed by atoms with Gasteiger partial charge in [-0.2, -0.15) is 13.9 Å². The van der Waals surface area contributed by atoms with Crippen LogP contribution >= 0.6 is 0 Å². The number of hydrogen-bond acceptors (Lipinski definition) is 2. The summed E-state index contributed by atoms with van der Waals surface area (Å²) in [7, 11) is 0. The Labute approximate surface area is 78.5 Å². The molecular weight excluding hydrogens is 190 g/mol. The van der Waals surface area contributed by atoms with Crippen molar-refractivity contribution in [3.05, 3.63) is 17.0 Å². The minimum Gasteiger partial charge on any atom is -0.293 e. The molecule has 74 valence electrons. The second-order valence-corrected chi connectivity index (χ2v) is 3.99. The Balaban J connectivity index is 2.22. The number of nitrogens with zero attached hydrogens (tertiary/aromatic N) is 1. The van der Waals surface area contributed by atoms with Gasteiger partial charge in [-0.1, -0.05) is 0 Å². The zero-order chi connectivity index (χ0) is 10.1. The van der Waals surface area contributed by atoms with Gasteiger partial charge in [0.15, 0.2) is 5.78 Å². The first-order valence-electron chi connectivity index (χ1n) is 4.51. The SMILES string of the molecule is CC(=O)c1n[nH]c2c1[C@H]1C[C@H]1C2(F)F. The first kappa shape index (κ1) is 8.08. The normalized spacial score (nSPS) is 31.1.